The summed E-state index contributed by atoms with van der Waals surface area (Å²) in [6.07, 6.45) is 0.532. The van der Waals surface area contributed by atoms with Gasteiger partial charge in [0.25, 0.3) is 5.91 Å². The number of nitrogens with zero attached hydrogens (tertiary/aromatic N) is 2. The molecule has 176 valence electrons. The summed E-state index contributed by atoms with van der Waals surface area (Å²) in [5, 5.41) is 6.06. The van der Waals surface area contributed by atoms with Crippen molar-refractivity contribution in [2.45, 2.75) is 11.3 Å². The smallest absolute Gasteiger partial charge is 0.270 e. The Morgan fingerprint density at radius 3 is 2.91 bits per heavy atom. The number of methoxy groups -OCH3 is 1. The second-order valence-corrected chi connectivity index (χ2v) is 8.87. The molecule has 0 aliphatic carbocycles. The van der Waals surface area contributed by atoms with E-state index < -0.39 is 22.4 Å². The minimum Gasteiger partial charge on any atom is -0.493 e. The average molecular weight is 478 g/mol. The molecular formula is C23H25F2N3O4S. The van der Waals surface area contributed by atoms with E-state index in [9.17, 15) is 13.6 Å². The zero-order chi connectivity index (χ0) is 23.4. The number of benzene rings is 2. The molecule has 10 heteroatoms. The van der Waals surface area contributed by atoms with E-state index >= 15 is 0 Å². The van der Waals surface area contributed by atoms with Crippen molar-refractivity contribution in [3.8, 4) is 5.75 Å². The van der Waals surface area contributed by atoms with Crippen LogP contribution in [0.3, 0.4) is 0 Å². The number of thioether (sulfide) groups is 1. The van der Waals surface area contributed by atoms with Gasteiger partial charge in [-0.1, -0.05) is 30.0 Å². The van der Waals surface area contributed by atoms with Crippen molar-refractivity contribution in [3.63, 3.8) is 0 Å². The van der Waals surface area contributed by atoms with Gasteiger partial charge in [-0.3, -0.25) is 4.79 Å². The van der Waals surface area contributed by atoms with Crippen LogP contribution >= 0.6 is 11.8 Å². The van der Waals surface area contributed by atoms with E-state index in [1.54, 1.807) is 0 Å². The third kappa shape index (κ3) is 4.48. The lowest BCUT2D eigenvalue weighted by atomic mass is 9.86. The number of hydrogen-bond donors (Lipinski definition) is 1. The molecule has 1 spiro atoms. The zero-order valence-electron chi connectivity index (χ0n) is 18.1. The molecule has 4 rings (SSSR count). The van der Waals surface area contributed by atoms with Gasteiger partial charge in [-0.2, -0.15) is 5.10 Å². The third-order valence-corrected chi connectivity index (χ3v) is 7.12. The summed E-state index contributed by atoms with van der Waals surface area (Å²) in [5.41, 5.74) is 6.62. The van der Waals surface area contributed by atoms with Gasteiger partial charge in [0.1, 0.15) is 29.0 Å². The van der Waals surface area contributed by atoms with Crippen molar-refractivity contribution in [2.24, 2.45) is 16.8 Å². The molecule has 0 bridgehead atoms. The summed E-state index contributed by atoms with van der Waals surface area (Å²) < 4.78 is 45.1. The molecule has 2 atom stereocenters. The second-order valence-electron chi connectivity index (χ2n) is 7.66. The predicted octanol–water partition coefficient (Wildman–Crippen LogP) is 3.08. The number of hydrogen-bond acceptors (Lipinski definition) is 7. The summed E-state index contributed by atoms with van der Waals surface area (Å²) in [6, 6.07) is 10.5. The van der Waals surface area contributed by atoms with Gasteiger partial charge < -0.3 is 19.9 Å². The lowest BCUT2D eigenvalue weighted by Crippen LogP contribution is -2.52. The number of ether oxygens (including phenoxy) is 3. The molecule has 0 saturated carbocycles. The highest BCUT2D eigenvalue weighted by Gasteiger charge is 2.57. The van der Waals surface area contributed by atoms with Crippen molar-refractivity contribution in [3.05, 3.63) is 65.2 Å². The van der Waals surface area contributed by atoms with E-state index in [-0.39, 0.29) is 29.7 Å². The standard InChI is InChI=1S/C23H25F2N3O4S/c1-30-10-11-31-14-21(29)28-23(33-22(27-28)17-12-16(24)6-7-19(17)25)15(8-9-26)13-32-20-5-3-2-4-18(20)23/h2-7,12,15H,8-11,13-14,26H2,1H3/t15-,23+/m0/s1. The van der Waals surface area contributed by atoms with Crippen LogP contribution in [0.2, 0.25) is 0 Å². The molecule has 0 fully saturated rings. The Morgan fingerprint density at radius 2 is 2.12 bits per heavy atom. The van der Waals surface area contributed by atoms with E-state index in [2.05, 4.69) is 5.10 Å². The fraction of sp³-hybridized carbons (Fsp3) is 0.391. The van der Waals surface area contributed by atoms with E-state index in [1.807, 2.05) is 24.3 Å². The van der Waals surface area contributed by atoms with Gasteiger partial charge in [-0.15, -0.1) is 0 Å². The Bertz CT molecular complexity index is 1050. The Morgan fingerprint density at radius 1 is 1.30 bits per heavy atom. The molecule has 0 aromatic heterocycles. The Labute approximate surface area is 194 Å². The molecule has 2 aromatic carbocycles. The van der Waals surface area contributed by atoms with Crippen LogP contribution in [-0.4, -0.2) is 56.0 Å². The molecule has 1 amide bonds. The van der Waals surface area contributed by atoms with Gasteiger partial charge in [0, 0.05) is 24.2 Å². The lowest BCUT2D eigenvalue weighted by molar-refractivity contribution is -0.142. The van der Waals surface area contributed by atoms with Crippen LogP contribution in [-0.2, 0) is 19.1 Å². The normalized spacial score (nSPS) is 21.6. The predicted molar refractivity (Wildman–Crippen MR) is 121 cm³/mol. The Balaban J connectivity index is 1.80. The average Bonchev–Trinajstić information content (AvgIpc) is 3.21. The first-order chi connectivity index (χ1) is 16.0. The summed E-state index contributed by atoms with van der Waals surface area (Å²) in [6.45, 7) is 0.977. The number of nitrogens with two attached hydrogens (primary N) is 1. The van der Waals surface area contributed by atoms with Gasteiger partial charge in [-0.25, -0.2) is 13.8 Å². The van der Waals surface area contributed by atoms with Crippen molar-refractivity contribution < 1.29 is 27.8 Å². The summed E-state index contributed by atoms with van der Waals surface area (Å²) in [5.74, 6) is -1.28. The number of fused-ring (bicyclic) bond motifs is 2. The highest BCUT2D eigenvalue weighted by Crippen LogP contribution is 2.57. The topological polar surface area (TPSA) is 86.4 Å². The first kappa shape index (κ1) is 23.6. The zero-order valence-corrected chi connectivity index (χ0v) is 18.9. The summed E-state index contributed by atoms with van der Waals surface area (Å²) >= 11 is 1.21. The van der Waals surface area contributed by atoms with Gasteiger partial charge in [-0.05, 0) is 37.2 Å². The van der Waals surface area contributed by atoms with Gasteiger partial charge in [0.2, 0.25) is 0 Å². The van der Waals surface area contributed by atoms with E-state index in [0.717, 1.165) is 23.8 Å². The molecule has 0 saturated heterocycles. The molecule has 2 aliphatic rings. The van der Waals surface area contributed by atoms with Crippen LogP contribution in [0.1, 0.15) is 17.5 Å². The molecule has 0 radical (unpaired) electrons. The van der Waals surface area contributed by atoms with Crippen LogP contribution in [0, 0.1) is 17.6 Å². The van der Waals surface area contributed by atoms with Crippen LogP contribution in [0.25, 0.3) is 0 Å². The molecule has 2 aromatic rings. The van der Waals surface area contributed by atoms with E-state index in [4.69, 9.17) is 19.9 Å². The second kappa shape index (κ2) is 10.2. The molecule has 7 nitrogen and oxygen atoms in total. The Hall–Kier alpha value is -2.53. The summed E-state index contributed by atoms with van der Waals surface area (Å²) in [7, 11) is 1.54. The highest BCUT2D eigenvalue weighted by molar-refractivity contribution is 8.15. The van der Waals surface area contributed by atoms with Crippen molar-refractivity contribution >= 4 is 22.7 Å². The molecule has 0 unspecified atom stereocenters. The molecule has 2 aliphatic heterocycles. The maximum Gasteiger partial charge on any atom is 0.270 e. The van der Waals surface area contributed by atoms with Crippen LogP contribution in [0.15, 0.2) is 47.6 Å². The van der Waals surface area contributed by atoms with Crippen molar-refractivity contribution in [1.29, 1.82) is 0 Å². The van der Waals surface area contributed by atoms with Crippen LogP contribution in [0.4, 0.5) is 8.78 Å². The fourth-order valence-electron chi connectivity index (χ4n) is 4.07. The fourth-order valence-corrected chi connectivity index (χ4v) is 5.61. The molecule has 2 N–H and O–H groups in total. The number of hydrazone groups is 1. The van der Waals surface area contributed by atoms with Crippen molar-refractivity contribution in [1.82, 2.24) is 5.01 Å². The minimum atomic E-state index is -1.04. The molecule has 33 heavy (non-hydrogen) atoms. The Kier molecular flexibility index (Phi) is 7.28. The quantitative estimate of drug-likeness (QED) is 0.588. The molecule has 2 heterocycles. The third-order valence-electron chi connectivity index (χ3n) is 5.59. The number of carbonyl (C=O) groups is 1. The molecular weight excluding hydrogens is 452 g/mol. The summed E-state index contributed by atoms with van der Waals surface area (Å²) in [4.78, 5) is 12.3. The first-order valence-electron chi connectivity index (χ1n) is 10.6. The number of halogens is 2. The van der Waals surface area contributed by atoms with E-state index in [0.29, 0.717) is 31.9 Å². The number of amides is 1. The van der Waals surface area contributed by atoms with Gasteiger partial charge >= 0.3 is 0 Å². The van der Waals surface area contributed by atoms with Gasteiger partial charge in [0.15, 0.2) is 4.87 Å². The number of carbonyl (C=O) groups excluding carboxylic acids is 1. The van der Waals surface area contributed by atoms with Gasteiger partial charge in [0.05, 0.1) is 19.8 Å². The van der Waals surface area contributed by atoms with Crippen molar-refractivity contribution in [2.75, 3.05) is 40.1 Å². The first-order valence-corrected chi connectivity index (χ1v) is 11.4. The maximum atomic E-state index is 14.7. The van der Waals surface area contributed by atoms with Crippen LogP contribution < -0.4 is 10.5 Å². The largest absolute Gasteiger partial charge is 0.493 e. The highest BCUT2D eigenvalue weighted by atomic mass is 32.2. The van der Waals surface area contributed by atoms with Crippen LogP contribution in [0.5, 0.6) is 5.75 Å². The number of rotatable bonds is 8. The SMILES string of the molecule is COCCOCC(=O)N1N=C(c2cc(F)ccc2F)S[C@]12c1ccccc1OC[C@@H]2CCN. The minimum absolute atomic E-state index is 0.00884. The van der Waals surface area contributed by atoms with E-state index in [1.165, 1.54) is 23.9 Å². The maximum absolute atomic E-state index is 14.7. The lowest BCUT2D eigenvalue weighted by Gasteiger charge is -2.45. The number of para-hydroxylation sites is 1. The monoisotopic (exact) mass is 477 g/mol.